The van der Waals surface area contributed by atoms with E-state index in [9.17, 15) is 0 Å². The van der Waals surface area contributed by atoms with Crippen LogP contribution in [0.2, 0.25) is 0 Å². The number of methoxy groups -OCH3 is 2. The summed E-state index contributed by atoms with van der Waals surface area (Å²) < 4.78 is 8.75. The fraction of sp³-hybridized carbons (Fsp3) is 1.00. The average Bonchev–Trinajstić information content (AvgIpc) is 1.91. The van der Waals surface area contributed by atoms with Gasteiger partial charge in [-0.3, -0.25) is 0 Å². The van der Waals surface area contributed by atoms with Crippen LogP contribution in [0.4, 0.5) is 0 Å². The summed E-state index contributed by atoms with van der Waals surface area (Å²) in [6.07, 6.45) is -0.616. The Hall–Kier alpha value is -0.160. The molecule has 0 amide bonds. The van der Waals surface area contributed by atoms with E-state index in [1.807, 2.05) is 0 Å². The average molecular weight is 152 g/mol. The number of hydrogen-bond donors (Lipinski definition) is 2. The van der Waals surface area contributed by atoms with E-state index in [1.54, 1.807) is 14.0 Å². The van der Waals surface area contributed by atoms with Crippen molar-refractivity contribution in [2.45, 2.75) is 13.2 Å². The van der Waals surface area contributed by atoms with Crippen LogP contribution in [0.1, 0.15) is 6.92 Å². The molecule has 0 aliphatic rings. The molecule has 0 heterocycles. The van der Waals surface area contributed by atoms with Crippen molar-refractivity contribution in [2.75, 3.05) is 27.4 Å². The monoisotopic (exact) mass is 152 g/mol. The van der Waals surface area contributed by atoms with Gasteiger partial charge in [-0.25, -0.2) is 0 Å². The van der Waals surface area contributed by atoms with Gasteiger partial charge in [0, 0.05) is 14.2 Å². The van der Waals surface area contributed by atoms with Crippen LogP contribution in [0.5, 0.6) is 0 Å². The lowest BCUT2D eigenvalue weighted by Crippen LogP contribution is -1.99. The molecule has 0 saturated heterocycles. The summed E-state index contributed by atoms with van der Waals surface area (Å²) in [7, 11) is 3.00. The first-order chi connectivity index (χ1) is 4.68. The lowest BCUT2D eigenvalue weighted by Gasteiger charge is -1.94. The molecule has 64 valence electrons. The van der Waals surface area contributed by atoms with Crippen molar-refractivity contribution in [3.8, 4) is 0 Å². The van der Waals surface area contributed by atoms with Crippen molar-refractivity contribution in [3.05, 3.63) is 0 Å². The van der Waals surface area contributed by atoms with Crippen LogP contribution < -0.4 is 0 Å². The second-order valence-electron chi connectivity index (χ2n) is 1.55. The van der Waals surface area contributed by atoms with Gasteiger partial charge in [-0.05, 0) is 6.92 Å². The Labute approximate surface area is 61.4 Å². The molecule has 0 aliphatic heterocycles. The minimum absolute atomic E-state index is 0.122. The maximum absolute atomic E-state index is 8.14. The van der Waals surface area contributed by atoms with E-state index in [0.29, 0.717) is 6.61 Å². The van der Waals surface area contributed by atoms with E-state index in [-0.39, 0.29) is 6.61 Å². The van der Waals surface area contributed by atoms with E-state index in [1.165, 1.54) is 7.11 Å². The predicted octanol–water partition coefficient (Wildman–Crippen LogP) is -0.404. The smallest absolute Gasteiger partial charge is 0.151 e. The first-order valence-electron chi connectivity index (χ1n) is 2.99. The third-order valence-corrected chi connectivity index (χ3v) is 0.637. The molecule has 0 aromatic carbocycles. The molecule has 0 rings (SSSR count). The molecule has 2 N–H and O–H groups in total. The van der Waals surface area contributed by atoms with E-state index in [0.717, 1.165) is 0 Å². The van der Waals surface area contributed by atoms with Gasteiger partial charge >= 0.3 is 0 Å². The van der Waals surface area contributed by atoms with Gasteiger partial charge in [-0.2, -0.15) is 0 Å². The van der Waals surface area contributed by atoms with E-state index < -0.39 is 6.29 Å². The van der Waals surface area contributed by atoms with Crippen molar-refractivity contribution >= 4 is 0 Å². The highest BCUT2D eigenvalue weighted by Gasteiger charge is 1.80. The molecule has 0 spiro atoms. The summed E-state index contributed by atoms with van der Waals surface area (Å²) in [5, 5.41) is 16.1. The lowest BCUT2D eigenvalue weighted by molar-refractivity contribution is -0.0583. The SMILES string of the molecule is COC(C)O.COCCO. The number of rotatable bonds is 3. The summed E-state index contributed by atoms with van der Waals surface area (Å²) in [5.41, 5.74) is 0. The van der Waals surface area contributed by atoms with E-state index in [2.05, 4.69) is 9.47 Å². The van der Waals surface area contributed by atoms with Crippen molar-refractivity contribution < 1.29 is 19.7 Å². The first kappa shape index (κ1) is 12.5. The zero-order chi connectivity index (χ0) is 8.41. The molecular formula is C6H16O4. The van der Waals surface area contributed by atoms with Crippen LogP contribution in [-0.4, -0.2) is 43.9 Å². The van der Waals surface area contributed by atoms with Gasteiger partial charge in [-0.1, -0.05) is 0 Å². The van der Waals surface area contributed by atoms with Crippen molar-refractivity contribution in [2.24, 2.45) is 0 Å². The fourth-order valence-corrected chi connectivity index (χ4v) is 0.0913. The summed E-state index contributed by atoms with van der Waals surface area (Å²) in [4.78, 5) is 0. The molecule has 0 bridgehead atoms. The van der Waals surface area contributed by atoms with Crippen molar-refractivity contribution in [3.63, 3.8) is 0 Å². The Morgan fingerprint density at radius 3 is 1.80 bits per heavy atom. The van der Waals surface area contributed by atoms with E-state index in [4.69, 9.17) is 10.2 Å². The second-order valence-corrected chi connectivity index (χ2v) is 1.55. The van der Waals surface area contributed by atoms with Gasteiger partial charge in [-0.15, -0.1) is 0 Å². The van der Waals surface area contributed by atoms with E-state index >= 15 is 0 Å². The number of aliphatic hydroxyl groups excluding tert-OH is 2. The standard InChI is InChI=1S/2C3H8O2/c1-5-3-2-4;1-3(4)5-2/h4H,2-3H2,1H3;3-4H,1-2H3. The quantitative estimate of drug-likeness (QED) is 0.540. The summed E-state index contributed by atoms with van der Waals surface area (Å²) in [5.74, 6) is 0. The molecule has 0 radical (unpaired) electrons. The fourth-order valence-electron chi connectivity index (χ4n) is 0.0913. The van der Waals surface area contributed by atoms with Crippen LogP contribution in [0.15, 0.2) is 0 Å². The Balaban J connectivity index is 0. The van der Waals surface area contributed by atoms with Gasteiger partial charge < -0.3 is 19.7 Å². The largest absolute Gasteiger partial charge is 0.394 e. The highest BCUT2D eigenvalue weighted by atomic mass is 16.6. The molecule has 0 fully saturated rings. The molecular weight excluding hydrogens is 136 g/mol. The minimum atomic E-state index is -0.616. The molecule has 10 heavy (non-hydrogen) atoms. The molecule has 0 aromatic rings. The van der Waals surface area contributed by atoms with Crippen LogP contribution in [0.25, 0.3) is 0 Å². The first-order valence-corrected chi connectivity index (χ1v) is 2.99. The number of aliphatic hydroxyl groups is 2. The summed E-state index contributed by atoms with van der Waals surface area (Å²) in [6.45, 7) is 2.12. The van der Waals surface area contributed by atoms with Crippen LogP contribution >= 0.6 is 0 Å². The Morgan fingerprint density at radius 2 is 1.80 bits per heavy atom. The summed E-state index contributed by atoms with van der Waals surface area (Å²) in [6, 6.07) is 0. The number of hydrogen-bond acceptors (Lipinski definition) is 4. The molecule has 0 aromatic heterocycles. The van der Waals surface area contributed by atoms with Crippen molar-refractivity contribution in [1.29, 1.82) is 0 Å². The van der Waals surface area contributed by atoms with Crippen molar-refractivity contribution in [1.82, 2.24) is 0 Å². The van der Waals surface area contributed by atoms with Gasteiger partial charge in [0.15, 0.2) is 6.29 Å². The molecule has 4 heteroatoms. The van der Waals surface area contributed by atoms with Gasteiger partial charge in [0.25, 0.3) is 0 Å². The topological polar surface area (TPSA) is 58.9 Å². The highest BCUT2D eigenvalue weighted by Crippen LogP contribution is 1.72. The molecule has 1 unspecified atom stereocenters. The molecule has 0 aliphatic carbocycles. The van der Waals surface area contributed by atoms with Crippen LogP contribution in [0.3, 0.4) is 0 Å². The normalized spacial score (nSPS) is 11.7. The van der Waals surface area contributed by atoms with Gasteiger partial charge in [0.05, 0.1) is 13.2 Å². The third-order valence-electron chi connectivity index (χ3n) is 0.637. The Bertz CT molecular complexity index is 45.0. The molecule has 1 atom stereocenters. The second kappa shape index (κ2) is 11.6. The molecule has 4 nitrogen and oxygen atoms in total. The zero-order valence-electron chi connectivity index (χ0n) is 6.70. The van der Waals surface area contributed by atoms with Crippen LogP contribution in [0, 0.1) is 0 Å². The minimum Gasteiger partial charge on any atom is -0.394 e. The maximum atomic E-state index is 8.14. The van der Waals surface area contributed by atoms with Crippen LogP contribution in [-0.2, 0) is 9.47 Å². The lowest BCUT2D eigenvalue weighted by atomic mass is 10.8. The Morgan fingerprint density at radius 1 is 1.40 bits per heavy atom. The summed E-state index contributed by atoms with van der Waals surface area (Å²) >= 11 is 0. The zero-order valence-corrected chi connectivity index (χ0v) is 6.70. The highest BCUT2D eigenvalue weighted by molar-refractivity contribution is 4.13. The maximum Gasteiger partial charge on any atom is 0.151 e. The molecule has 0 saturated carbocycles. The number of ether oxygens (including phenoxy) is 2. The third kappa shape index (κ3) is 24.9. The van der Waals surface area contributed by atoms with Gasteiger partial charge in [0.2, 0.25) is 0 Å². The predicted molar refractivity (Wildman–Crippen MR) is 37.7 cm³/mol. The Kier molecular flexibility index (Phi) is 14.5. The van der Waals surface area contributed by atoms with Gasteiger partial charge in [0.1, 0.15) is 0 Å².